The zero-order valence-corrected chi connectivity index (χ0v) is 13.5. The first-order valence-corrected chi connectivity index (χ1v) is 9.97. The largest absolute Gasteiger partial charge is 0.453 e. The number of rotatable bonds is 7. The highest BCUT2D eigenvalue weighted by atomic mass is 35.6. The molecule has 0 amide bonds. The second-order valence-electron chi connectivity index (χ2n) is 5.07. The second kappa shape index (κ2) is 7.58. The Bertz CT molecular complexity index is 421. The maximum Gasteiger partial charge on any atom is 0.453 e. The molecule has 21 heavy (non-hydrogen) atoms. The summed E-state index contributed by atoms with van der Waals surface area (Å²) in [5.74, 6) is -6.43. The van der Waals surface area contributed by atoms with E-state index in [-0.39, 0.29) is 12.5 Å². The highest BCUT2D eigenvalue weighted by Crippen LogP contribution is 2.45. The van der Waals surface area contributed by atoms with Crippen LogP contribution in [0.5, 0.6) is 0 Å². The van der Waals surface area contributed by atoms with E-state index in [4.69, 9.17) is 11.1 Å². The van der Waals surface area contributed by atoms with Crippen molar-refractivity contribution in [3.63, 3.8) is 0 Å². The van der Waals surface area contributed by atoms with Gasteiger partial charge in [0.1, 0.15) is 0 Å². The highest BCUT2D eigenvalue weighted by Gasteiger charge is 2.61. The van der Waals surface area contributed by atoms with Gasteiger partial charge in [-0.15, -0.1) is 0 Å². The van der Waals surface area contributed by atoms with Gasteiger partial charge in [0, 0.05) is 5.92 Å². The van der Waals surface area contributed by atoms with Gasteiger partial charge in [-0.1, -0.05) is 50.1 Å². The number of hydrogen-bond donors (Lipinski definition) is 0. The van der Waals surface area contributed by atoms with E-state index in [9.17, 15) is 22.0 Å². The first kappa shape index (κ1) is 18.4. The minimum atomic E-state index is -5.52. The maximum absolute atomic E-state index is 13.6. The molecule has 0 aliphatic carbocycles. The Morgan fingerprint density at radius 3 is 2.14 bits per heavy atom. The fourth-order valence-electron chi connectivity index (χ4n) is 2.18. The van der Waals surface area contributed by atoms with Crippen LogP contribution in [0.3, 0.4) is 0 Å². The summed E-state index contributed by atoms with van der Waals surface area (Å²) in [5.41, 5.74) is 0. The lowest BCUT2D eigenvalue weighted by Gasteiger charge is -2.29. The van der Waals surface area contributed by atoms with E-state index in [1.165, 1.54) is 0 Å². The number of alkyl halides is 5. The summed E-state index contributed by atoms with van der Waals surface area (Å²) in [4.78, 5) is 0. The Hall–Kier alpha value is -0.623. The van der Waals surface area contributed by atoms with Crippen LogP contribution in [0.25, 0.3) is 0 Å². The van der Waals surface area contributed by atoms with Crippen LogP contribution in [-0.2, 0) is 0 Å². The van der Waals surface area contributed by atoms with Crippen LogP contribution in [0.4, 0.5) is 22.0 Å². The molecule has 0 fully saturated rings. The van der Waals surface area contributed by atoms with Gasteiger partial charge in [-0.05, 0) is 17.7 Å². The van der Waals surface area contributed by atoms with Crippen molar-refractivity contribution in [3.05, 3.63) is 30.3 Å². The average Bonchev–Trinajstić information content (AvgIpc) is 2.42. The van der Waals surface area contributed by atoms with Gasteiger partial charge in [0.25, 0.3) is 0 Å². The molecule has 2 atom stereocenters. The van der Waals surface area contributed by atoms with E-state index in [0.29, 0.717) is 18.0 Å². The van der Waals surface area contributed by atoms with Crippen molar-refractivity contribution in [2.75, 3.05) is 0 Å². The van der Waals surface area contributed by atoms with Crippen LogP contribution in [-0.4, -0.2) is 20.2 Å². The third-order valence-corrected chi connectivity index (χ3v) is 6.83. The van der Waals surface area contributed by atoms with Crippen molar-refractivity contribution in [2.45, 2.75) is 44.3 Å². The molecule has 0 aromatic heterocycles. The number of halogens is 6. The van der Waals surface area contributed by atoms with Gasteiger partial charge in [0.15, 0.2) is 8.11 Å². The Morgan fingerprint density at radius 1 is 1.10 bits per heavy atom. The molecule has 1 rings (SSSR count). The van der Waals surface area contributed by atoms with Gasteiger partial charge >= 0.3 is 12.1 Å². The highest BCUT2D eigenvalue weighted by molar-refractivity contribution is 7.14. The molecule has 0 bridgehead atoms. The van der Waals surface area contributed by atoms with E-state index >= 15 is 0 Å². The fourth-order valence-corrected chi connectivity index (χ4v) is 5.20. The van der Waals surface area contributed by atoms with Gasteiger partial charge in [-0.3, -0.25) is 0 Å². The summed E-state index contributed by atoms with van der Waals surface area (Å²) in [5, 5.41) is 0.693. The van der Waals surface area contributed by atoms with Gasteiger partial charge in [-0.2, -0.15) is 33.0 Å². The molecule has 2 unspecified atom stereocenters. The third-order valence-electron chi connectivity index (χ3n) is 3.45. The predicted molar refractivity (Wildman–Crippen MR) is 77.9 cm³/mol. The third kappa shape index (κ3) is 4.95. The molecule has 0 nitrogen and oxygen atoms in total. The summed E-state index contributed by atoms with van der Waals surface area (Å²) >= 11 is 6.17. The Kier molecular flexibility index (Phi) is 6.65. The Morgan fingerprint density at radius 2 is 1.67 bits per heavy atom. The Labute approximate surface area is 127 Å². The van der Waals surface area contributed by atoms with Crippen molar-refractivity contribution in [3.8, 4) is 0 Å². The van der Waals surface area contributed by atoms with Crippen LogP contribution in [0, 0.1) is 5.92 Å². The van der Waals surface area contributed by atoms with E-state index in [0.717, 1.165) is 0 Å². The smallest absolute Gasteiger partial charge is 0.196 e. The molecule has 1 aromatic rings. The first-order valence-electron chi connectivity index (χ1n) is 6.83. The SMILES string of the molecule is CCCCC(C[SiH](Cl)c1ccccc1)C(F)(F)C(F)(F)F. The molecule has 0 heterocycles. The second-order valence-corrected chi connectivity index (χ2v) is 8.73. The van der Waals surface area contributed by atoms with E-state index in [1.54, 1.807) is 37.3 Å². The number of unbranched alkanes of at least 4 members (excludes halogenated alkanes) is 1. The van der Waals surface area contributed by atoms with Gasteiger partial charge in [0.05, 0.1) is 0 Å². The molecule has 7 heteroatoms. The summed E-state index contributed by atoms with van der Waals surface area (Å²) in [7, 11) is -2.34. The van der Waals surface area contributed by atoms with Crippen molar-refractivity contribution in [1.29, 1.82) is 0 Å². The van der Waals surface area contributed by atoms with Crippen molar-refractivity contribution >= 4 is 24.4 Å². The standard InChI is InChI=1S/C14H18ClF5Si/c1-2-3-7-11(13(16,17)14(18,19)20)10-21(15)12-8-5-4-6-9-12/h4-6,8-9,11,21H,2-3,7,10H2,1H3. The molecule has 0 N–H and O–H groups in total. The minimum absolute atomic E-state index is 0.161. The molecule has 120 valence electrons. The first-order chi connectivity index (χ1) is 9.70. The molecular weight excluding hydrogens is 327 g/mol. The van der Waals surface area contributed by atoms with Gasteiger partial charge in [-0.25, -0.2) is 0 Å². The predicted octanol–water partition coefficient (Wildman–Crippen LogP) is 4.86. The zero-order valence-electron chi connectivity index (χ0n) is 11.6. The van der Waals surface area contributed by atoms with Crippen molar-refractivity contribution in [2.24, 2.45) is 5.92 Å². The maximum atomic E-state index is 13.6. The molecule has 0 saturated heterocycles. The van der Waals surface area contributed by atoms with Crippen LogP contribution in [0.15, 0.2) is 30.3 Å². The molecule has 0 spiro atoms. The van der Waals surface area contributed by atoms with Crippen molar-refractivity contribution in [1.82, 2.24) is 0 Å². The summed E-state index contributed by atoms with van der Waals surface area (Å²) < 4.78 is 65.0. The minimum Gasteiger partial charge on any atom is -0.196 e. The normalized spacial score (nSPS) is 15.8. The molecule has 0 aliphatic heterocycles. The van der Waals surface area contributed by atoms with Crippen LogP contribution in [0.1, 0.15) is 26.2 Å². The quantitative estimate of drug-likeness (QED) is 0.376. The lowest BCUT2D eigenvalue weighted by Crippen LogP contribution is -2.45. The summed E-state index contributed by atoms with van der Waals surface area (Å²) in [6.45, 7) is 1.76. The molecule has 1 aromatic carbocycles. The molecule has 0 radical (unpaired) electrons. The fraction of sp³-hybridized carbons (Fsp3) is 0.571. The molecular formula is C14H18ClF5Si. The zero-order chi connectivity index (χ0) is 16.1. The Balaban J connectivity index is 2.88. The topological polar surface area (TPSA) is 0 Å². The van der Waals surface area contributed by atoms with E-state index in [1.807, 2.05) is 0 Å². The van der Waals surface area contributed by atoms with Gasteiger partial charge in [0.2, 0.25) is 0 Å². The van der Waals surface area contributed by atoms with Crippen LogP contribution in [0.2, 0.25) is 6.04 Å². The van der Waals surface area contributed by atoms with Gasteiger partial charge < -0.3 is 0 Å². The lowest BCUT2D eigenvalue weighted by atomic mass is 9.96. The lowest BCUT2D eigenvalue weighted by molar-refractivity contribution is -0.301. The number of benzene rings is 1. The monoisotopic (exact) mass is 344 g/mol. The summed E-state index contributed by atoms with van der Waals surface area (Å²) in [6, 6.07) is 8.28. The molecule has 0 aliphatic rings. The summed E-state index contributed by atoms with van der Waals surface area (Å²) in [6.07, 6.45) is -4.77. The van der Waals surface area contributed by atoms with E-state index < -0.39 is 26.1 Å². The molecule has 0 saturated carbocycles. The van der Waals surface area contributed by atoms with Crippen LogP contribution >= 0.6 is 11.1 Å². The van der Waals surface area contributed by atoms with Crippen molar-refractivity contribution < 1.29 is 22.0 Å². The number of hydrogen-bond acceptors (Lipinski definition) is 0. The van der Waals surface area contributed by atoms with Crippen LogP contribution < -0.4 is 5.19 Å². The average molecular weight is 345 g/mol. The van der Waals surface area contributed by atoms with E-state index in [2.05, 4.69) is 0 Å².